The Hall–Kier alpha value is -1.10. The van der Waals surface area contributed by atoms with Crippen LogP contribution >= 0.6 is 0 Å². The molecule has 0 aromatic heterocycles. The van der Waals surface area contributed by atoms with Gasteiger partial charge in [-0.15, -0.1) is 0 Å². The maximum Gasteiger partial charge on any atom is 0.321 e. The lowest BCUT2D eigenvalue weighted by molar-refractivity contribution is -0.120. The van der Waals surface area contributed by atoms with Gasteiger partial charge in [-0.05, 0) is 39.3 Å². The van der Waals surface area contributed by atoms with Gasteiger partial charge in [0.25, 0.3) is 0 Å². The van der Waals surface area contributed by atoms with Crippen LogP contribution in [-0.4, -0.2) is 42.5 Å². The zero-order valence-corrected chi connectivity index (χ0v) is 10.1. The first-order valence-electron chi connectivity index (χ1n) is 5.94. The summed E-state index contributed by atoms with van der Waals surface area (Å²) in [6.07, 6.45) is 3.15. The topological polar surface area (TPSA) is 61.4 Å². The fourth-order valence-electron chi connectivity index (χ4n) is 1.67. The summed E-state index contributed by atoms with van der Waals surface area (Å²) in [6.45, 7) is 6.14. The largest absolute Gasteiger partial charge is 0.335 e. The first-order chi connectivity index (χ1) is 7.61. The molecule has 0 radical (unpaired) electrons. The molecule has 0 aliphatic carbocycles. The van der Waals surface area contributed by atoms with Gasteiger partial charge in [0.15, 0.2) is 0 Å². The van der Waals surface area contributed by atoms with Crippen molar-refractivity contribution in [3.05, 3.63) is 0 Å². The first kappa shape index (κ1) is 13.0. The summed E-state index contributed by atoms with van der Waals surface area (Å²) < 4.78 is 0. The van der Waals surface area contributed by atoms with Crippen molar-refractivity contribution < 1.29 is 9.59 Å². The average molecular weight is 227 g/mol. The van der Waals surface area contributed by atoms with E-state index in [1.165, 1.54) is 0 Å². The van der Waals surface area contributed by atoms with Gasteiger partial charge in [0.1, 0.15) is 0 Å². The van der Waals surface area contributed by atoms with Gasteiger partial charge in [0, 0.05) is 6.04 Å². The Morgan fingerprint density at radius 1 is 1.31 bits per heavy atom. The molecule has 5 heteroatoms. The van der Waals surface area contributed by atoms with E-state index in [0.29, 0.717) is 6.54 Å². The number of imide groups is 1. The van der Waals surface area contributed by atoms with Crippen molar-refractivity contribution in [1.82, 2.24) is 15.5 Å². The van der Waals surface area contributed by atoms with Crippen molar-refractivity contribution in [2.75, 3.05) is 19.6 Å². The fraction of sp³-hybridized carbons (Fsp3) is 0.818. The number of amides is 3. The monoisotopic (exact) mass is 227 g/mol. The molecule has 16 heavy (non-hydrogen) atoms. The second-order valence-electron chi connectivity index (χ2n) is 4.31. The Labute approximate surface area is 96.6 Å². The van der Waals surface area contributed by atoms with Gasteiger partial charge in [0.05, 0.1) is 6.54 Å². The first-order valence-corrected chi connectivity index (χ1v) is 5.94. The van der Waals surface area contributed by atoms with E-state index >= 15 is 0 Å². The van der Waals surface area contributed by atoms with Crippen LogP contribution in [0.1, 0.15) is 33.1 Å². The Morgan fingerprint density at radius 2 is 1.94 bits per heavy atom. The molecule has 0 aromatic rings. The minimum Gasteiger partial charge on any atom is -0.335 e. The van der Waals surface area contributed by atoms with Crippen LogP contribution in [0.4, 0.5) is 4.79 Å². The van der Waals surface area contributed by atoms with E-state index in [1.54, 1.807) is 0 Å². The third kappa shape index (κ3) is 4.61. The molecule has 2 N–H and O–H groups in total. The van der Waals surface area contributed by atoms with Gasteiger partial charge in [-0.2, -0.15) is 0 Å². The SMILES string of the molecule is CC[C@@H](C)NC(=O)NC(=O)CN1CCCC1. The Balaban J connectivity index is 2.19. The molecule has 92 valence electrons. The van der Waals surface area contributed by atoms with E-state index < -0.39 is 6.03 Å². The number of likely N-dealkylation sites (tertiary alicyclic amines) is 1. The average Bonchev–Trinajstić information content (AvgIpc) is 2.69. The van der Waals surface area contributed by atoms with Crippen LogP contribution < -0.4 is 10.6 Å². The minimum atomic E-state index is -0.390. The molecular weight excluding hydrogens is 206 g/mol. The Morgan fingerprint density at radius 3 is 2.50 bits per heavy atom. The van der Waals surface area contributed by atoms with Crippen LogP contribution in [0, 0.1) is 0 Å². The minimum absolute atomic E-state index is 0.0968. The second-order valence-corrected chi connectivity index (χ2v) is 4.31. The number of urea groups is 1. The third-order valence-electron chi connectivity index (χ3n) is 2.81. The molecule has 1 aliphatic heterocycles. The van der Waals surface area contributed by atoms with Crippen molar-refractivity contribution in [3.8, 4) is 0 Å². The Kier molecular flexibility index (Phi) is 5.25. The molecule has 0 saturated carbocycles. The van der Waals surface area contributed by atoms with Gasteiger partial charge in [-0.3, -0.25) is 15.0 Å². The number of carbonyl (C=O) groups excluding carboxylic acids is 2. The van der Waals surface area contributed by atoms with Crippen molar-refractivity contribution in [3.63, 3.8) is 0 Å². The summed E-state index contributed by atoms with van der Waals surface area (Å²) in [5.74, 6) is -0.220. The molecule has 0 aromatic carbocycles. The predicted molar refractivity (Wildman–Crippen MR) is 62.1 cm³/mol. The maximum absolute atomic E-state index is 11.5. The molecule has 0 spiro atoms. The van der Waals surface area contributed by atoms with Crippen molar-refractivity contribution in [2.24, 2.45) is 0 Å². The van der Waals surface area contributed by atoms with Crippen LogP contribution in [0.25, 0.3) is 0 Å². The van der Waals surface area contributed by atoms with Crippen molar-refractivity contribution >= 4 is 11.9 Å². The Bertz CT molecular complexity index is 250. The molecule has 1 aliphatic rings. The highest BCUT2D eigenvalue weighted by atomic mass is 16.2. The molecule has 0 bridgehead atoms. The number of hydrogen-bond acceptors (Lipinski definition) is 3. The summed E-state index contributed by atoms with van der Waals surface area (Å²) in [5, 5.41) is 5.04. The molecule has 5 nitrogen and oxygen atoms in total. The predicted octanol–water partition coefficient (Wildman–Crippen LogP) is 0.706. The lowest BCUT2D eigenvalue weighted by Gasteiger charge is -2.15. The summed E-state index contributed by atoms with van der Waals surface area (Å²) in [4.78, 5) is 24.9. The maximum atomic E-state index is 11.5. The van der Waals surface area contributed by atoms with Gasteiger partial charge in [0.2, 0.25) is 5.91 Å². The quantitative estimate of drug-likeness (QED) is 0.743. The highest BCUT2D eigenvalue weighted by molar-refractivity contribution is 5.95. The smallest absolute Gasteiger partial charge is 0.321 e. The molecule has 1 saturated heterocycles. The number of nitrogens with one attached hydrogen (secondary N) is 2. The molecule has 1 fully saturated rings. The molecule has 3 amide bonds. The molecule has 1 atom stereocenters. The van der Waals surface area contributed by atoms with E-state index in [9.17, 15) is 9.59 Å². The number of rotatable bonds is 4. The zero-order chi connectivity index (χ0) is 12.0. The van der Waals surface area contributed by atoms with Crippen LogP contribution in [-0.2, 0) is 4.79 Å². The lowest BCUT2D eigenvalue weighted by atomic mass is 10.3. The normalized spacial score (nSPS) is 18.1. The van der Waals surface area contributed by atoms with E-state index in [2.05, 4.69) is 15.5 Å². The number of carbonyl (C=O) groups is 2. The molecule has 1 heterocycles. The van der Waals surface area contributed by atoms with Gasteiger partial charge in [-0.25, -0.2) is 4.79 Å². The fourth-order valence-corrected chi connectivity index (χ4v) is 1.67. The van der Waals surface area contributed by atoms with E-state index in [4.69, 9.17) is 0 Å². The summed E-state index contributed by atoms with van der Waals surface area (Å²) in [6, 6.07) is -0.293. The number of hydrogen-bond donors (Lipinski definition) is 2. The summed E-state index contributed by atoms with van der Waals surface area (Å²) in [7, 11) is 0. The summed E-state index contributed by atoms with van der Waals surface area (Å²) in [5.41, 5.74) is 0. The van der Waals surface area contributed by atoms with Gasteiger partial charge in [-0.1, -0.05) is 6.92 Å². The molecule has 0 unspecified atom stereocenters. The summed E-state index contributed by atoms with van der Waals surface area (Å²) >= 11 is 0. The van der Waals surface area contributed by atoms with Gasteiger partial charge < -0.3 is 5.32 Å². The lowest BCUT2D eigenvalue weighted by Crippen LogP contribution is -2.46. The second kappa shape index (κ2) is 6.48. The number of nitrogens with zero attached hydrogens (tertiary/aromatic N) is 1. The van der Waals surface area contributed by atoms with E-state index in [0.717, 1.165) is 32.4 Å². The van der Waals surface area contributed by atoms with Crippen LogP contribution in [0.5, 0.6) is 0 Å². The van der Waals surface area contributed by atoms with E-state index in [-0.39, 0.29) is 11.9 Å². The van der Waals surface area contributed by atoms with Crippen molar-refractivity contribution in [2.45, 2.75) is 39.2 Å². The highest BCUT2D eigenvalue weighted by Crippen LogP contribution is 2.05. The zero-order valence-electron chi connectivity index (χ0n) is 10.1. The molecular formula is C11H21N3O2. The third-order valence-corrected chi connectivity index (χ3v) is 2.81. The highest BCUT2D eigenvalue weighted by Gasteiger charge is 2.16. The van der Waals surface area contributed by atoms with Crippen LogP contribution in [0.3, 0.4) is 0 Å². The van der Waals surface area contributed by atoms with Crippen molar-refractivity contribution in [1.29, 1.82) is 0 Å². The van der Waals surface area contributed by atoms with E-state index in [1.807, 2.05) is 13.8 Å². The van der Waals surface area contributed by atoms with Crippen LogP contribution in [0.2, 0.25) is 0 Å². The van der Waals surface area contributed by atoms with Gasteiger partial charge >= 0.3 is 6.03 Å². The van der Waals surface area contributed by atoms with Crippen LogP contribution in [0.15, 0.2) is 0 Å². The standard InChI is InChI=1S/C11H21N3O2/c1-3-9(2)12-11(16)13-10(15)8-14-6-4-5-7-14/h9H,3-8H2,1-2H3,(H2,12,13,15,16)/t9-/m1/s1. The molecule has 1 rings (SSSR count).